The minimum Gasteiger partial charge on any atom is -0.389 e. The summed E-state index contributed by atoms with van der Waals surface area (Å²) in [6.07, 6.45) is -4.47. The maximum Gasteiger partial charge on any atom is 0.413 e. The monoisotopic (exact) mass is 272 g/mol. The predicted molar refractivity (Wildman–Crippen MR) is 70.6 cm³/mol. The third-order valence-electron chi connectivity index (χ3n) is 2.95. The minimum atomic E-state index is -4.41. The second-order valence-electron chi connectivity index (χ2n) is 4.54. The Kier molecular flexibility index (Phi) is 5.60. The Morgan fingerprint density at radius 2 is 1.79 bits per heavy atom. The van der Waals surface area contributed by atoms with Gasteiger partial charge in [-0.2, -0.15) is 13.2 Å². The van der Waals surface area contributed by atoms with Gasteiger partial charge in [0.2, 0.25) is 0 Å². The van der Waals surface area contributed by atoms with Crippen molar-refractivity contribution in [3.05, 3.63) is 41.5 Å². The zero-order chi connectivity index (χ0) is 14.5. The van der Waals surface area contributed by atoms with Gasteiger partial charge in [0.25, 0.3) is 0 Å². The second kappa shape index (κ2) is 6.75. The lowest BCUT2D eigenvalue weighted by atomic mass is 9.92. The number of hydrogen-bond acceptors (Lipinski definition) is 1. The van der Waals surface area contributed by atoms with Gasteiger partial charge in [-0.3, -0.25) is 0 Å². The molecule has 0 aliphatic carbocycles. The molecule has 0 radical (unpaired) electrons. The van der Waals surface area contributed by atoms with Crippen molar-refractivity contribution in [3.8, 4) is 0 Å². The van der Waals surface area contributed by atoms with E-state index in [-0.39, 0.29) is 12.0 Å². The van der Waals surface area contributed by atoms with Crippen LogP contribution in [0.15, 0.2) is 35.9 Å². The van der Waals surface area contributed by atoms with Crippen molar-refractivity contribution in [3.63, 3.8) is 0 Å². The van der Waals surface area contributed by atoms with E-state index < -0.39 is 17.9 Å². The van der Waals surface area contributed by atoms with Gasteiger partial charge < -0.3 is 5.11 Å². The number of halogens is 3. The van der Waals surface area contributed by atoms with E-state index >= 15 is 0 Å². The highest BCUT2D eigenvalue weighted by atomic mass is 19.4. The zero-order valence-electron chi connectivity index (χ0n) is 11.2. The van der Waals surface area contributed by atoms with Crippen LogP contribution in [0, 0.1) is 0 Å². The number of benzene rings is 1. The molecule has 1 atom stereocenters. The first-order chi connectivity index (χ1) is 8.88. The molecule has 0 spiro atoms. The van der Waals surface area contributed by atoms with Crippen molar-refractivity contribution in [2.24, 2.45) is 0 Å². The molecule has 106 valence electrons. The Morgan fingerprint density at radius 3 is 2.21 bits per heavy atom. The first kappa shape index (κ1) is 15.8. The maximum absolute atomic E-state index is 13.2. The fraction of sp³-hybridized carbons (Fsp3) is 0.467. The molecule has 19 heavy (non-hydrogen) atoms. The number of aliphatic hydroxyl groups is 1. The molecule has 1 rings (SSSR count). The Morgan fingerprint density at radius 1 is 1.21 bits per heavy atom. The van der Waals surface area contributed by atoms with Crippen LogP contribution in [-0.4, -0.2) is 17.4 Å². The molecule has 1 nitrogen and oxygen atoms in total. The summed E-state index contributed by atoms with van der Waals surface area (Å²) in [6, 6.07) is 8.28. The number of allylic oxidation sites excluding steroid dienone is 1. The average Bonchev–Trinajstić information content (AvgIpc) is 2.33. The molecule has 0 amide bonds. The molecular formula is C15H19F3O. The fourth-order valence-electron chi connectivity index (χ4n) is 2.07. The third-order valence-corrected chi connectivity index (χ3v) is 2.95. The molecule has 0 aliphatic rings. The maximum atomic E-state index is 13.2. The Labute approximate surface area is 111 Å². The standard InChI is InChI=1S/C15H19F3O/c1-3-4-10-13(15(16,17)18)14(11(2)19)12-8-6-5-7-9-12/h5-9,11,19H,3-4,10H2,1-2H3/b14-13+. The Bertz CT molecular complexity index is 419. The summed E-state index contributed by atoms with van der Waals surface area (Å²) in [5.41, 5.74) is -0.196. The SMILES string of the molecule is CCCC/C(=C(\c1ccccc1)C(C)O)C(F)(F)F. The van der Waals surface area contributed by atoms with Crippen LogP contribution in [0.4, 0.5) is 13.2 Å². The molecule has 0 heterocycles. The van der Waals surface area contributed by atoms with Crippen molar-refractivity contribution in [1.82, 2.24) is 0 Å². The van der Waals surface area contributed by atoms with E-state index in [1.807, 2.05) is 6.92 Å². The Balaban J connectivity index is 3.34. The molecule has 0 saturated carbocycles. The van der Waals surface area contributed by atoms with E-state index in [9.17, 15) is 18.3 Å². The van der Waals surface area contributed by atoms with Crippen LogP contribution in [0.2, 0.25) is 0 Å². The second-order valence-corrected chi connectivity index (χ2v) is 4.54. The molecule has 1 aromatic carbocycles. The van der Waals surface area contributed by atoms with E-state index in [1.165, 1.54) is 6.92 Å². The van der Waals surface area contributed by atoms with E-state index in [0.717, 1.165) is 0 Å². The lowest BCUT2D eigenvalue weighted by Gasteiger charge is -2.20. The van der Waals surface area contributed by atoms with Gasteiger partial charge >= 0.3 is 6.18 Å². The predicted octanol–water partition coefficient (Wildman–Crippen LogP) is 4.57. The van der Waals surface area contributed by atoms with Crippen LogP contribution in [0.5, 0.6) is 0 Å². The summed E-state index contributed by atoms with van der Waals surface area (Å²) in [4.78, 5) is 0. The lowest BCUT2D eigenvalue weighted by molar-refractivity contribution is -0.0941. The van der Waals surface area contributed by atoms with E-state index in [1.54, 1.807) is 30.3 Å². The summed E-state index contributed by atoms with van der Waals surface area (Å²) in [5.74, 6) is 0. The van der Waals surface area contributed by atoms with Crippen molar-refractivity contribution in [1.29, 1.82) is 0 Å². The lowest BCUT2D eigenvalue weighted by Crippen LogP contribution is -2.19. The number of rotatable bonds is 5. The highest BCUT2D eigenvalue weighted by Crippen LogP contribution is 2.37. The highest BCUT2D eigenvalue weighted by molar-refractivity contribution is 5.72. The molecule has 4 heteroatoms. The normalized spacial score (nSPS) is 15.1. The molecule has 0 aromatic heterocycles. The Hall–Kier alpha value is -1.29. The van der Waals surface area contributed by atoms with Crippen molar-refractivity contribution in [2.45, 2.75) is 45.4 Å². The van der Waals surface area contributed by atoms with Gasteiger partial charge in [-0.25, -0.2) is 0 Å². The zero-order valence-corrected chi connectivity index (χ0v) is 11.2. The summed E-state index contributed by atoms with van der Waals surface area (Å²) >= 11 is 0. The van der Waals surface area contributed by atoms with E-state index in [4.69, 9.17) is 0 Å². The average molecular weight is 272 g/mol. The number of aliphatic hydroxyl groups excluding tert-OH is 1. The van der Waals surface area contributed by atoms with Crippen molar-refractivity contribution >= 4 is 5.57 Å². The molecule has 0 aliphatic heterocycles. The molecule has 0 fully saturated rings. The molecule has 0 bridgehead atoms. The number of alkyl halides is 3. The summed E-state index contributed by atoms with van der Waals surface area (Å²) in [6.45, 7) is 3.22. The van der Waals surface area contributed by atoms with Gasteiger partial charge in [-0.05, 0) is 30.9 Å². The number of hydrogen-bond donors (Lipinski definition) is 1. The van der Waals surface area contributed by atoms with Crippen molar-refractivity contribution < 1.29 is 18.3 Å². The van der Waals surface area contributed by atoms with Gasteiger partial charge in [0.1, 0.15) is 0 Å². The number of unbranched alkanes of at least 4 members (excludes halogenated alkanes) is 1. The van der Waals surface area contributed by atoms with E-state index in [0.29, 0.717) is 18.4 Å². The van der Waals surface area contributed by atoms with E-state index in [2.05, 4.69) is 0 Å². The van der Waals surface area contributed by atoms with Gasteiger partial charge in [0.15, 0.2) is 0 Å². The van der Waals surface area contributed by atoms with Gasteiger partial charge in [-0.15, -0.1) is 0 Å². The van der Waals surface area contributed by atoms with Crippen LogP contribution >= 0.6 is 0 Å². The highest BCUT2D eigenvalue weighted by Gasteiger charge is 2.36. The third kappa shape index (κ3) is 4.39. The quantitative estimate of drug-likeness (QED) is 0.832. The summed E-state index contributed by atoms with van der Waals surface area (Å²) in [5, 5.41) is 9.74. The molecule has 0 saturated heterocycles. The fourth-order valence-corrected chi connectivity index (χ4v) is 2.07. The topological polar surface area (TPSA) is 20.2 Å². The first-order valence-corrected chi connectivity index (χ1v) is 6.41. The van der Waals surface area contributed by atoms with Crippen LogP contribution in [-0.2, 0) is 0 Å². The molecule has 1 aromatic rings. The molecule has 1 N–H and O–H groups in total. The van der Waals surface area contributed by atoms with Crippen LogP contribution in [0.1, 0.15) is 38.7 Å². The first-order valence-electron chi connectivity index (χ1n) is 6.41. The largest absolute Gasteiger partial charge is 0.413 e. The van der Waals surface area contributed by atoms with Gasteiger partial charge in [-0.1, -0.05) is 43.7 Å². The van der Waals surface area contributed by atoms with Crippen LogP contribution < -0.4 is 0 Å². The van der Waals surface area contributed by atoms with Gasteiger partial charge in [0, 0.05) is 5.57 Å². The van der Waals surface area contributed by atoms with Crippen LogP contribution in [0.3, 0.4) is 0 Å². The summed E-state index contributed by atoms with van der Waals surface area (Å²) in [7, 11) is 0. The van der Waals surface area contributed by atoms with Crippen molar-refractivity contribution in [2.75, 3.05) is 0 Å². The van der Waals surface area contributed by atoms with Gasteiger partial charge in [0.05, 0.1) is 6.10 Å². The smallest absolute Gasteiger partial charge is 0.389 e. The minimum absolute atomic E-state index is 0.0125. The molecular weight excluding hydrogens is 253 g/mol. The molecule has 1 unspecified atom stereocenters. The summed E-state index contributed by atoms with van der Waals surface area (Å²) < 4.78 is 39.5. The van der Waals surface area contributed by atoms with Crippen LogP contribution in [0.25, 0.3) is 5.57 Å².